The average Bonchev–Trinajstić information content (AvgIpc) is 3.12. The third-order valence-electron chi connectivity index (χ3n) is 4.40. The van der Waals surface area contributed by atoms with Gasteiger partial charge in [-0.05, 0) is 55.0 Å². The molecule has 150 valence electrons. The Balaban J connectivity index is 1.49. The van der Waals surface area contributed by atoms with E-state index in [2.05, 4.69) is 31.7 Å². The van der Waals surface area contributed by atoms with Crippen LogP contribution in [0.5, 0.6) is 11.6 Å². The van der Waals surface area contributed by atoms with E-state index in [0.29, 0.717) is 17.6 Å². The Labute approximate surface area is 173 Å². The molecule has 1 amide bonds. The Morgan fingerprint density at radius 1 is 1.13 bits per heavy atom. The van der Waals surface area contributed by atoms with Crippen molar-refractivity contribution in [3.63, 3.8) is 0 Å². The molecule has 0 aliphatic heterocycles. The number of nitrogens with one attached hydrogen (secondary N) is 3. The minimum Gasteiger partial charge on any atom is -0.439 e. The van der Waals surface area contributed by atoms with Crippen LogP contribution in [0.3, 0.4) is 0 Å². The van der Waals surface area contributed by atoms with Crippen LogP contribution in [-0.4, -0.2) is 27.9 Å². The first-order valence-corrected chi connectivity index (χ1v) is 9.46. The van der Waals surface area contributed by atoms with E-state index in [1.54, 1.807) is 25.4 Å². The van der Waals surface area contributed by atoms with Gasteiger partial charge in [-0.15, -0.1) is 0 Å². The lowest BCUT2D eigenvalue weighted by molar-refractivity contribution is -0.115. The van der Waals surface area contributed by atoms with E-state index in [1.165, 1.54) is 6.08 Å². The van der Waals surface area contributed by atoms with Gasteiger partial charge in [-0.25, -0.2) is 4.98 Å². The monoisotopic (exact) mass is 399 g/mol. The molecule has 0 atom stereocenters. The lowest BCUT2D eigenvalue weighted by atomic mass is 10.2. The molecule has 30 heavy (non-hydrogen) atoms. The zero-order valence-electron chi connectivity index (χ0n) is 16.6. The SMILES string of the molecule is CNC(=O)C=Cc1cccc(Nc2nccc(Oc3ccc4[nH]c(C)cc4c3)n2)c1. The fourth-order valence-electron chi connectivity index (χ4n) is 3.00. The molecule has 0 saturated heterocycles. The normalized spacial score (nSPS) is 11.0. The predicted molar refractivity (Wildman–Crippen MR) is 118 cm³/mol. The second-order valence-corrected chi connectivity index (χ2v) is 6.72. The maximum absolute atomic E-state index is 11.4. The number of H-pyrrole nitrogens is 1. The molecule has 4 aromatic rings. The molecule has 7 heteroatoms. The number of nitrogens with zero attached hydrogens (tertiary/aromatic N) is 2. The van der Waals surface area contributed by atoms with E-state index in [4.69, 9.17) is 4.74 Å². The first kappa shape index (κ1) is 19.2. The summed E-state index contributed by atoms with van der Waals surface area (Å²) in [6.45, 7) is 2.02. The van der Waals surface area contributed by atoms with Crippen LogP contribution in [0.4, 0.5) is 11.6 Å². The average molecular weight is 399 g/mol. The minimum atomic E-state index is -0.158. The van der Waals surface area contributed by atoms with E-state index in [9.17, 15) is 4.79 Å². The van der Waals surface area contributed by atoms with Gasteiger partial charge < -0.3 is 20.4 Å². The van der Waals surface area contributed by atoms with Crippen LogP contribution in [-0.2, 0) is 4.79 Å². The largest absolute Gasteiger partial charge is 0.439 e. The maximum Gasteiger partial charge on any atom is 0.243 e. The molecule has 0 radical (unpaired) electrons. The van der Waals surface area contributed by atoms with Crippen molar-refractivity contribution in [3.8, 4) is 11.6 Å². The van der Waals surface area contributed by atoms with Gasteiger partial charge in [0.2, 0.25) is 17.7 Å². The van der Waals surface area contributed by atoms with Crippen molar-refractivity contribution < 1.29 is 9.53 Å². The van der Waals surface area contributed by atoms with Gasteiger partial charge >= 0.3 is 0 Å². The molecule has 2 heterocycles. The zero-order valence-corrected chi connectivity index (χ0v) is 16.6. The van der Waals surface area contributed by atoms with Crippen LogP contribution < -0.4 is 15.4 Å². The van der Waals surface area contributed by atoms with E-state index in [-0.39, 0.29) is 5.91 Å². The predicted octanol–water partition coefficient (Wildman–Crippen LogP) is 4.56. The Morgan fingerprint density at radius 2 is 2.03 bits per heavy atom. The molecule has 2 aromatic heterocycles. The fourth-order valence-corrected chi connectivity index (χ4v) is 3.00. The molecule has 0 saturated carbocycles. The number of hydrogen-bond acceptors (Lipinski definition) is 5. The van der Waals surface area contributed by atoms with Gasteiger partial charge in [0.1, 0.15) is 5.75 Å². The van der Waals surface area contributed by atoms with Crippen LogP contribution in [0.15, 0.2) is 66.9 Å². The van der Waals surface area contributed by atoms with E-state index < -0.39 is 0 Å². The van der Waals surface area contributed by atoms with Crippen molar-refractivity contribution in [1.29, 1.82) is 0 Å². The van der Waals surface area contributed by atoms with Crippen LogP contribution in [0.1, 0.15) is 11.3 Å². The lowest BCUT2D eigenvalue weighted by Crippen LogP contribution is -2.13. The van der Waals surface area contributed by atoms with Crippen LogP contribution >= 0.6 is 0 Å². The first-order chi connectivity index (χ1) is 14.6. The summed E-state index contributed by atoms with van der Waals surface area (Å²) in [4.78, 5) is 23.4. The van der Waals surface area contributed by atoms with Crippen molar-refractivity contribution in [3.05, 3.63) is 78.1 Å². The summed E-state index contributed by atoms with van der Waals surface area (Å²) >= 11 is 0. The minimum absolute atomic E-state index is 0.158. The summed E-state index contributed by atoms with van der Waals surface area (Å²) in [6, 6.07) is 17.2. The number of anilines is 2. The van der Waals surface area contributed by atoms with Crippen molar-refractivity contribution in [2.45, 2.75) is 6.92 Å². The lowest BCUT2D eigenvalue weighted by Gasteiger charge is -2.08. The molecule has 0 spiro atoms. The van der Waals surface area contributed by atoms with Gasteiger partial charge in [0.05, 0.1) is 0 Å². The molecule has 7 nitrogen and oxygen atoms in total. The summed E-state index contributed by atoms with van der Waals surface area (Å²) in [6.07, 6.45) is 4.86. The highest BCUT2D eigenvalue weighted by Crippen LogP contribution is 2.26. The van der Waals surface area contributed by atoms with Gasteiger partial charge in [0.25, 0.3) is 0 Å². The quantitative estimate of drug-likeness (QED) is 0.413. The van der Waals surface area contributed by atoms with Crippen molar-refractivity contribution in [1.82, 2.24) is 20.3 Å². The third kappa shape index (κ3) is 4.64. The van der Waals surface area contributed by atoms with Crippen molar-refractivity contribution >= 4 is 34.5 Å². The van der Waals surface area contributed by atoms with Gasteiger partial charge in [-0.1, -0.05) is 12.1 Å². The number of carbonyl (C=O) groups is 1. The van der Waals surface area contributed by atoms with E-state index in [0.717, 1.165) is 27.8 Å². The number of aromatic nitrogens is 3. The standard InChI is InChI=1S/C23H21N5O2/c1-15-12-17-14-19(7-8-20(17)26-15)30-22-10-11-25-23(28-22)27-18-5-3-4-16(13-18)6-9-21(29)24-2/h3-14,26H,1-2H3,(H,24,29)(H,25,27,28). The second-order valence-electron chi connectivity index (χ2n) is 6.72. The molecule has 0 aliphatic rings. The van der Waals surface area contributed by atoms with E-state index >= 15 is 0 Å². The Hall–Kier alpha value is -4.13. The van der Waals surface area contributed by atoms with Gasteiger partial charge in [-0.2, -0.15) is 4.98 Å². The third-order valence-corrected chi connectivity index (χ3v) is 4.40. The van der Waals surface area contributed by atoms with Gasteiger partial charge in [0, 0.05) is 47.7 Å². The molecule has 2 aromatic carbocycles. The molecule has 0 fully saturated rings. The number of carbonyl (C=O) groups excluding carboxylic acids is 1. The first-order valence-electron chi connectivity index (χ1n) is 9.46. The highest BCUT2D eigenvalue weighted by molar-refractivity contribution is 5.91. The molecule has 4 rings (SSSR count). The maximum atomic E-state index is 11.4. The van der Waals surface area contributed by atoms with Gasteiger partial charge in [0.15, 0.2) is 0 Å². The molecule has 0 unspecified atom stereocenters. The number of aromatic amines is 1. The Bertz CT molecular complexity index is 1230. The number of fused-ring (bicyclic) bond motifs is 1. The fraction of sp³-hybridized carbons (Fsp3) is 0.0870. The number of benzene rings is 2. The number of aryl methyl sites for hydroxylation is 1. The summed E-state index contributed by atoms with van der Waals surface area (Å²) in [5.74, 6) is 1.40. The molecule has 0 bridgehead atoms. The second kappa shape index (κ2) is 8.48. The molecular weight excluding hydrogens is 378 g/mol. The van der Waals surface area contributed by atoms with Crippen LogP contribution in [0.2, 0.25) is 0 Å². The Morgan fingerprint density at radius 3 is 2.90 bits per heavy atom. The number of hydrogen-bond donors (Lipinski definition) is 3. The summed E-state index contributed by atoms with van der Waals surface area (Å²) in [7, 11) is 1.59. The highest BCUT2D eigenvalue weighted by atomic mass is 16.5. The van der Waals surface area contributed by atoms with Crippen LogP contribution in [0.25, 0.3) is 17.0 Å². The summed E-state index contributed by atoms with van der Waals surface area (Å²) < 4.78 is 5.91. The number of ether oxygens (including phenoxy) is 1. The highest BCUT2D eigenvalue weighted by Gasteiger charge is 2.05. The van der Waals surface area contributed by atoms with Crippen LogP contribution in [0, 0.1) is 6.92 Å². The van der Waals surface area contributed by atoms with Gasteiger partial charge in [-0.3, -0.25) is 4.79 Å². The number of amides is 1. The topological polar surface area (TPSA) is 91.9 Å². The van der Waals surface area contributed by atoms with Crippen molar-refractivity contribution in [2.24, 2.45) is 0 Å². The smallest absolute Gasteiger partial charge is 0.243 e. The summed E-state index contributed by atoms with van der Waals surface area (Å²) in [5.41, 5.74) is 3.85. The van der Waals surface area contributed by atoms with Crippen molar-refractivity contribution in [2.75, 3.05) is 12.4 Å². The molecule has 0 aliphatic carbocycles. The molecular formula is C23H21N5O2. The molecule has 3 N–H and O–H groups in total. The number of likely N-dealkylation sites (N-methyl/N-ethyl adjacent to an activating group) is 1. The number of rotatable bonds is 6. The Kier molecular flexibility index (Phi) is 5.43. The summed E-state index contributed by atoms with van der Waals surface area (Å²) in [5, 5.41) is 6.80. The zero-order chi connectivity index (χ0) is 20.9. The van der Waals surface area contributed by atoms with E-state index in [1.807, 2.05) is 49.4 Å².